The Morgan fingerprint density at radius 1 is 1.71 bits per heavy atom. The van der Waals surface area contributed by atoms with E-state index in [1.54, 1.807) is 6.33 Å². The first-order valence-corrected chi connectivity index (χ1v) is 6.18. The summed E-state index contributed by atoms with van der Waals surface area (Å²) < 4.78 is 7.76. The van der Waals surface area contributed by atoms with E-state index in [2.05, 4.69) is 17.2 Å². The molecule has 0 radical (unpaired) electrons. The molecule has 2 atom stereocenters. The molecule has 2 rings (SSSR count). The average Bonchev–Trinajstić information content (AvgIpc) is 2.90. The Balaban J connectivity index is 1.94. The van der Waals surface area contributed by atoms with Crippen molar-refractivity contribution in [1.82, 2.24) is 14.9 Å². The van der Waals surface area contributed by atoms with Crippen molar-refractivity contribution in [2.24, 2.45) is 12.8 Å². The van der Waals surface area contributed by atoms with Crippen molar-refractivity contribution in [3.63, 3.8) is 0 Å². The van der Waals surface area contributed by atoms with Gasteiger partial charge in [0.2, 0.25) is 0 Å². The average molecular weight is 238 g/mol. The minimum atomic E-state index is -0.0357. The molecule has 1 aliphatic heterocycles. The maximum atomic E-state index is 5.82. The van der Waals surface area contributed by atoms with Gasteiger partial charge in [-0.15, -0.1) is 0 Å². The number of hydrogen-bond acceptors (Lipinski definition) is 4. The third kappa shape index (κ3) is 2.86. The largest absolute Gasteiger partial charge is 0.374 e. The molecule has 0 saturated carbocycles. The Morgan fingerprint density at radius 2 is 2.53 bits per heavy atom. The van der Waals surface area contributed by atoms with Crippen LogP contribution >= 0.6 is 0 Å². The van der Waals surface area contributed by atoms with E-state index in [-0.39, 0.29) is 11.6 Å². The zero-order chi connectivity index (χ0) is 12.3. The number of aryl methyl sites for hydroxylation is 1. The van der Waals surface area contributed by atoms with Gasteiger partial charge in [-0.2, -0.15) is 0 Å². The van der Waals surface area contributed by atoms with Crippen molar-refractivity contribution in [3.05, 3.63) is 18.2 Å². The van der Waals surface area contributed by atoms with Gasteiger partial charge in [-0.05, 0) is 19.8 Å². The summed E-state index contributed by atoms with van der Waals surface area (Å²) in [5.41, 5.74) is 6.90. The molecule has 1 aromatic rings. The van der Waals surface area contributed by atoms with E-state index in [1.165, 1.54) is 0 Å². The molecule has 0 aliphatic carbocycles. The summed E-state index contributed by atoms with van der Waals surface area (Å²) in [6, 6.07) is 0.142. The first-order valence-electron chi connectivity index (χ1n) is 6.18. The summed E-state index contributed by atoms with van der Waals surface area (Å²) in [5, 5.41) is 3.48. The van der Waals surface area contributed by atoms with Crippen molar-refractivity contribution in [2.45, 2.75) is 31.4 Å². The Kier molecular flexibility index (Phi) is 3.81. The molecule has 1 saturated heterocycles. The second-order valence-corrected chi connectivity index (χ2v) is 5.00. The van der Waals surface area contributed by atoms with E-state index in [1.807, 2.05) is 17.8 Å². The molecule has 0 amide bonds. The fraction of sp³-hybridized carbons (Fsp3) is 0.750. The van der Waals surface area contributed by atoms with Crippen LogP contribution in [0.3, 0.4) is 0 Å². The highest BCUT2D eigenvalue weighted by atomic mass is 16.5. The van der Waals surface area contributed by atoms with E-state index in [9.17, 15) is 0 Å². The first kappa shape index (κ1) is 12.5. The van der Waals surface area contributed by atoms with Gasteiger partial charge >= 0.3 is 0 Å². The Bertz CT molecular complexity index is 357. The smallest absolute Gasteiger partial charge is 0.0946 e. The third-order valence-electron chi connectivity index (χ3n) is 3.47. The van der Waals surface area contributed by atoms with Crippen LogP contribution in [-0.2, 0) is 11.8 Å². The predicted molar refractivity (Wildman–Crippen MR) is 66.6 cm³/mol. The lowest BCUT2D eigenvalue weighted by atomic mass is 10.0. The number of rotatable bonds is 5. The summed E-state index contributed by atoms with van der Waals surface area (Å²) >= 11 is 0. The minimum absolute atomic E-state index is 0.0357. The van der Waals surface area contributed by atoms with Crippen molar-refractivity contribution in [3.8, 4) is 0 Å². The molecule has 1 fully saturated rings. The maximum Gasteiger partial charge on any atom is 0.0946 e. The number of aromatic nitrogens is 2. The molecular formula is C12H22N4O. The molecule has 2 heterocycles. The van der Waals surface area contributed by atoms with Crippen LogP contribution in [0.2, 0.25) is 0 Å². The van der Waals surface area contributed by atoms with Crippen LogP contribution in [-0.4, -0.2) is 34.8 Å². The van der Waals surface area contributed by atoms with E-state index >= 15 is 0 Å². The number of nitrogens with two attached hydrogens (primary N) is 1. The molecule has 0 spiro atoms. The van der Waals surface area contributed by atoms with Crippen LogP contribution in [0.1, 0.15) is 31.5 Å². The normalized spacial score (nSPS) is 26.3. The van der Waals surface area contributed by atoms with Gasteiger partial charge in [-0.3, -0.25) is 0 Å². The van der Waals surface area contributed by atoms with Gasteiger partial charge in [0, 0.05) is 32.9 Å². The highest BCUT2D eigenvalue weighted by molar-refractivity contribution is 5.05. The van der Waals surface area contributed by atoms with E-state index in [0.717, 1.165) is 31.7 Å². The van der Waals surface area contributed by atoms with Crippen molar-refractivity contribution in [2.75, 3.05) is 19.7 Å². The molecule has 0 bridgehead atoms. The second-order valence-electron chi connectivity index (χ2n) is 5.00. The zero-order valence-electron chi connectivity index (χ0n) is 10.6. The highest BCUT2D eigenvalue weighted by Crippen LogP contribution is 2.25. The van der Waals surface area contributed by atoms with Gasteiger partial charge in [-0.25, -0.2) is 4.98 Å². The standard InChI is InChI=1S/C12H22N4O/c1-12(4-3-5-17-12)8-15-10(6-13)11-7-14-9-16(11)2/h7,9-10,15H,3-6,8,13H2,1-2H3. The minimum Gasteiger partial charge on any atom is -0.374 e. The lowest BCUT2D eigenvalue weighted by Crippen LogP contribution is -2.41. The number of nitrogens with one attached hydrogen (secondary N) is 1. The van der Waals surface area contributed by atoms with Crippen LogP contribution in [0.25, 0.3) is 0 Å². The third-order valence-corrected chi connectivity index (χ3v) is 3.47. The van der Waals surface area contributed by atoms with Gasteiger partial charge in [0.05, 0.1) is 23.7 Å². The number of ether oxygens (including phenoxy) is 1. The number of imidazole rings is 1. The summed E-state index contributed by atoms with van der Waals surface area (Å²) in [4.78, 5) is 4.12. The maximum absolute atomic E-state index is 5.82. The van der Waals surface area contributed by atoms with Crippen molar-refractivity contribution < 1.29 is 4.74 Å². The molecule has 2 unspecified atom stereocenters. The highest BCUT2D eigenvalue weighted by Gasteiger charge is 2.30. The Hall–Kier alpha value is -0.910. The summed E-state index contributed by atoms with van der Waals surface area (Å²) in [6.45, 7) is 4.43. The molecule has 1 aromatic heterocycles. The summed E-state index contributed by atoms with van der Waals surface area (Å²) in [6.07, 6.45) is 5.93. The van der Waals surface area contributed by atoms with Crippen LogP contribution in [0.4, 0.5) is 0 Å². The Morgan fingerprint density at radius 3 is 3.06 bits per heavy atom. The van der Waals surface area contributed by atoms with Crippen molar-refractivity contribution >= 4 is 0 Å². The first-order chi connectivity index (χ1) is 8.14. The van der Waals surface area contributed by atoms with Crippen LogP contribution in [0, 0.1) is 0 Å². The van der Waals surface area contributed by atoms with Gasteiger partial charge in [-0.1, -0.05) is 0 Å². The fourth-order valence-corrected chi connectivity index (χ4v) is 2.33. The molecule has 96 valence electrons. The van der Waals surface area contributed by atoms with Crippen molar-refractivity contribution in [1.29, 1.82) is 0 Å². The zero-order valence-corrected chi connectivity index (χ0v) is 10.6. The lowest BCUT2D eigenvalue weighted by molar-refractivity contribution is 0.0187. The molecule has 3 N–H and O–H groups in total. The quantitative estimate of drug-likeness (QED) is 0.787. The molecule has 5 nitrogen and oxygen atoms in total. The SMILES string of the molecule is Cn1cncc1C(CN)NCC1(C)CCCO1. The number of nitrogens with zero attached hydrogens (tertiary/aromatic N) is 2. The van der Waals surface area contributed by atoms with E-state index in [4.69, 9.17) is 10.5 Å². The molecular weight excluding hydrogens is 216 g/mol. The topological polar surface area (TPSA) is 65.1 Å². The van der Waals surface area contributed by atoms with Gasteiger partial charge in [0.1, 0.15) is 0 Å². The van der Waals surface area contributed by atoms with E-state index in [0.29, 0.717) is 6.54 Å². The number of hydrogen-bond donors (Lipinski definition) is 2. The van der Waals surface area contributed by atoms with Crippen LogP contribution < -0.4 is 11.1 Å². The van der Waals surface area contributed by atoms with Crippen LogP contribution in [0.15, 0.2) is 12.5 Å². The predicted octanol–water partition coefficient (Wildman–Crippen LogP) is 0.579. The lowest BCUT2D eigenvalue weighted by Gasteiger charge is -2.27. The molecule has 0 aromatic carbocycles. The summed E-state index contributed by atoms with van der Waals surface area (Å²) in [7, 11) is 1.99. The fourth-order valence-electron chi connectivity index (χ4n) is 2.33. The van der Waals surface area contributed by atoms with Crippen LogP contribution in [0.5, 0.6) is 0 Å². The van der Waals surface area contributed by atoms with Gasteiger partial charge in [0.25, 0.3) is 0 Å². The second kappa shape index (κ2) is 5.16. The Labute approximate surface area is 102 Å². The summed E-state index contributed by atoms with van der Waals surface area (Å²) in [5.74, 6) is 0. The molecule has 1 aliphatic rings. The monoisotopic (exact) mass is 238 g/mol. The van der Waals surface area contributed by atoms with E-state index < -0.39 is 0 Å². The molecule has 17 heavy (non-hydrogen) atoms. The van der Waals surface area contributed by atoms with Gasteiger partial charge in [0.15, 0.2) is 0 Å². The van der Waals surface area contributed by atoms with Gasteiger partial charge < -0.3 is 20.4 Å². The molecule has 5 heteroatoms.